The fourth-order valence-electron chi connectivity index (χ4n) is 2.06. The molecule has 2 N–H and O–H groups in total. The van der Waals surface area contributed by atoms with Crippen LogP contribution in [0.15, 0.2) is 24.3 Å². The summed E-state index contributed by atoms with van der Waals surface area (Å²) in [5, 5.41) is 11.5. The molecule has 0 saturated carbocycles. The first kappa shape index (κ1) is 16.1. The summed E-state index contributed by atoms with van der Waals surface area (Å²) in [7, 11) is 0. The van der Waals surface area contributed by atoms with Crippen LogP contribution in [0.2, 0.25) is 0 Å². The first-order chi connectivity index (χ1) is 9.19. The number of carbonyl (C=O) groups excluding carboxylic acids is 1. The Bertz CT molecular complexity index is 500. The van der Waals surface area contributed by atoms with Crippen molar-refractivity contribution in [3.05, 3.63) is 35.6 Å². The molecule has 1 aromatic carbocycles. The van der Waals surface area contributed by atoms with E-state index >= 15 is 0 Å². The van der Waals surface area contributed by atoms with Gasteiger partial charge in [0.1, 0.15) is 5.82 Å². The maximum absolute atomic E-state index is 13.1. The summed E-state index contributed by atoms with van der Waals surface area (Å²) in [6.07, 6.45) is 0.0354. The van der Waals surface area contributed by atoms with Gasteiger partial charge < -0.3 is 10.4 Å². The molecular formula is C15H20FNO3. The molecule has 1 atom stereocenters. The van der Waals surface area contributed by atoms with Gasteiger partial charge in [-0.3, -0.25) is 9.59 Å². The Morgan fingerprint density at radius 3 is 2.55 bits per heavy atom. The minimum absolute atomic E-state index is 0.0746. The predicted molar refractivity (Wildman–Crippen MR) is 73.6 cm³/mol. The Balaban J connectivity index is 2.60. The number of hydrogen-bond acceptors (Lipinski definition) is 2. The Hall–Kier alpha value is -1.91. The zero-order valence-electron chi connectivity index (χ0n) is 11.9. The molecule has 0 aliphatic rings. The maximum Gasteiger partial charge on any atom is 0.303 e. The van der Waals surface area contributed by atoms with Crippen molar-refractivity contribution < 1.29 is 19.1 Å². The van der Waals surface area contributed by atoms with Crippen LogP contribution in [-0.2, 0) is 9.59 Å². The fraction of sp³-hybridized carbons (Fsp3) is 0.467. The monoisotopic (exact) mass is 281 g/mol. The van der Waals surface area contributed by atoms with Crippen LogP contribution in [0.1, 0.15) is 45.2 Å². The number of benzene rings is 1. The van der Waals surface area contributed by atoms with Gasteiger partial charge in [0.05, 0.1) is 12.5 Å². The molecule has 0 saturated heterocycles. The smallest absolute Gasteiger partial charge is 0.303 e. The van der Waals surface area contributed by atoms with Crippen molar-refractivity contribution in [2.24, 2.45) is 5.41 Å². The zero-order chi connectivity index (χ0) is 15.3. The van der Waals surface area contributed by atoms with Crippen molar-refractivity contribution in [1.82, 2.24) is 5.32 Å². The lowest BCUT2D eigenvalue weighted by molar-refractivity contribution is -0.139. The average molecular weight is 281 g/mol. The lowest BCUT2D eigenvalue weighted by atomic mass is 9.85. The highest BCUT2D eigenvalue weighted by Gasteiger charge is 2.25. The largest absolute Gasteiger partial charge is 0.481 e. The predicted octanol–water partition coefficient (Wildman–Crippen LogP) is 2.89. The van der Waals surface area contributed by atoms with Gasteiger partial charge in [0.15, 0.2) is 0 Å². The molecule has 0 unspecified atom stereocenters. The standard InChI is InChI=1S/C15H20FNO3/c1-10(11-5-4-6-12(16)7-11)17-13(18)8-15(2,3)9-14(19)20/h4-7,10H,8-9H2,1-3H3,(H,17,18)(H,19,20)/t10-/m1/s1. The number of carboxylic acids is 1. The van der Waals surface area contributed by atoms with E-state index in [1.165, 1.54) is 12.1 Å². The van der Waals surface area contributed by atoms with Crippen molar-refractivity contribution in [3.63, 3.8) is 0 Å². The van der Waals surface area contributed by atoms with E-state index in [-0.39, 0.29) is 30.6 Å². The van der Waals surface area contributed by atoms with Crippen LogP contribution in [0, 0.1) is 11.2 Å². The second kappa shape index (κ2) is 6.50. The second-order valence-electron chi connectivity index (χ2n) is 5.76. The Kier molecular flexibility index (Phi) is 5.25. The van der Waals surface area contributed by atoms with Crippen LogP contribution >= 0.6 is 0 Å². The highest BCUT2D eigenvalue weighted by atomic mass is 19.1. The molecule has 0 heterocycles. The van der Waals surface area contributed by atoms with E-state index in [1.54, 1.807) is 32.9 Å². The topological polar surface area (TPSA) is 66.4 Å². The van der Waals surface area contributed by atoms with E-state index < -0.39 is 11.4 Å². The molecule has 0 bridgehead atoms. The van der Waals surface area contributed by atoms with Gasteiger partial charge >= 0.3 is 5.97 Å². The first-order valence-corrected chi connectivity index (χ1v) is 6.46. The molecule has 1 amide bonds. The molecule has 20 heavy (non-hydrogen) atoms. The second-order valence-corrected chi connectivity index (χ2v) is 5.76. The average Bonchev–Trinajstić information content (AvgIpc) is 2.25. The van der Waals surface area contributed by atoms with Crippen molar-refractivity contribution in [3.8, 4) is 0 Å². The van der Waals surface area contributed by atoms with E-state index in [0.29, 0.717) is 5.56 Å². The quantitative estimate of drug-likeness (QED) is 0.842. The highest BCUT2D eigenvalue weighted by molar-refractivity contribution is 5.78. The van der Waals surface area contributed by atoms with E-state index in [2.05, 4.69) is 5.32 Å². The fourth-order valence-corrected chi connectivity index (χ4v) is 2.06. The highest BCUT2D eigenvalue weighted by Crippen LogP contribution is 2.25. The summed E-state index contributed by atoms with van der Waals surface area (Å²) >= 11 is 0. The van der Waals surface area contributed by atoms with Crippen molar-refractivity contribution in [2.45, 2.75) is 39.7 Å². The Labute approximate surface area is 118 Å². The molecule has 1 rings (SSSR count). The van der Waals surface area contributed by atoms with Gasteiger partial charge in [-0.15, -0.1) is 0 Å². The molecule has 0 aromatic heterocycles. The van der Waals surface area contributed by atoms with Crippen molar-refractivity contribution in [2.75, 3.05) is 0 Å². The van der Waals surface area contributed by atoms with Crippen LogP contribution in [-0.4, -0.2) is 17.0 Å². The van der Waals surface area contributed by atoms with Crippen LogP contribution in [0.3, 0.4) is 0 Å². The summed E-state index contributed by atoms with van der Waals surface area (Å²) in [6, 6.07) is 5.71. The third-order valence-electron chi connectivity index (χ3n) is 3.00. The van der Waals surface area contributed by atoms with Crippen LogP contribution < -0.4 is 5.32 Å². The molecule has 1 aromatic rings. The molecule has 5 heteroatoms. The first-order valence-electron chi connectivity index (χ1n) is 6.46. The number of halogens is 1. The van der Waals surface area contributed by atoms with Gasteiger partial charge in [0.25, 0.3) is 0 Å². The number of hydrogen-bond donors (Lipinski definition) is 2. The molecule has 0 spiro atoms. The lowest BCUT2D eigenvalue weighted by Gasteiger charge is -2.23. The van der Waals surface area contributed by atoms with Gasteiger partial charge in [-0.2, -0.15) is 0 Å². The number of nitrogens with one attached hydrogen (secondary N) is 1. The van der Waals surface area contributed by atoms with Gasteiger partial charge in [-0.25, -0.2) is 4.39 Å². The minimum Gasteiger partial charge on any atom is -0.481 e. The Morgan fingerprint density at radius 1 is 1.35 bits per heavy atom. The van der Waals surface area contributed by atoms with Gasteiger partial charge in [0.2, 0.25) is 5.91 Å². The van der Waals surface area contributed by atoms with Crippen LogP contribution in [0.25, 0.3) is 0 Å². The number of rotatable bonds is 6. The number of carbonyl (C=O) groups is 2. The minimum atomic E-state index is -0.930. The zero-order valence-corrected chi connectivity index (χ0v) is 11.9. The third-order valence-corrected chi connectivity index (χ3v) is 3.00. The lowest BCUT2D eigenvalue weighted by Crippen LogP contribution is -2.32. The van der Waals surface area contributed by atoms with Crippen molar-refractivity contribution in [1.29, 1.82) is 0 Å². The number of aliphatic carboxylic acids is 1. The van der Waals surface area contributed by atoms with E-state index in [4.69, 9.17) is 5.11 Å². The van der Waals surface area contributed by atoms with Crippen molar-refractivity contribution >= 4 is 11.9 Å². The molecule has 4 nitrogen and oxygen atoms in total. The van der Waals surface area contributed by atoms with Gasteiger partial charge in [-0.05, 0) is 30.0 Å². The molecular weight excluding hydrogens is 261 g/mol. The maximum atomic E-state index is 13.1. The van der Waals surface area contributed by atoms with Gasteiger partial charge in [0, 0.05) is 6.42 Å². The molecule has 0 fully saturated rings. The normalized spacial score (nSPS) is 12.8. The molecule has 0 aliphatic heterocycles. The third kappa shape index (κ3) is 5.38. The summed E-state index contributed by atoms with van der Waals surface area (Å²) in [5.41, 5.74) is 0.0618. The van der Waals surface area contributed by atoms with E-state index in [9.17, 15) is 14.0 Å². The van der Waals surface area contributed by atoms with Crippen LogP contribution in [0.5, 0.6) is 0 Å². The summed E-state index contributed by atoms with van der Waals surface area (Å²) in [6.45, 7) is 5.22. The summed E-state index contributed by atoms with van der Waals surface area (Å²) in [5.74, 6) is -1.52. The SMILES string of the molecule is C[C@@H](NC(=O)CC(C)(C)CC(=O)O)c1cccc(F)c1. The summed E-state index contributed by atoms with van der Waals surface area (Å²) < 4.78 is 13.1. The molecule has 0 aliphatic carbocycles. The van der Waals surface area contributed by atoms with Gasteiger partial charge in [-0.1, -0.05) is 26.0 Å². The number of carboxylic acid groups (broad SMARTS) is 1. The summed E-state index contributed by atoms with van der Waals surface area (Å²) in [4.78, 5) is 22.6. The Morgan fingerprint density at radius 2 is 2.00 bits per heavy atom. The van der Waals surface area contributed by atoms with Crippen LogP contribution in [0.4, 0.5) is 4.39 Å². The number of amides is 1. The molecule has 0 radical (unpaired) electrons. The van der Waals surface area contributed by atoms with E-state index in [0.717, 1.165) is 0 Å². The molecule has 110 valence electrons. The van der Waals surface area contributed by atoms with E-state index in [1.807, 2.05) is 0 Å².